The molecule has 1 aromatic carbocycles. The number of esters is 8. The van der Waals surface area contributed by atoms with Crippen LogP contribution >= 0.6 is 0 Å². The van der Waals surface area contributed by atoms with Crippen LogP contribution in [0.2, 0.25) is 0 Å². The molecule has 0 aliphatic carbocycles. The predicted octanol–water partition coefficient (Wildman–Crippen LogP) is 0.432. The third-order valence-electron chi connectivity index (χ3n) is 7.91. The molecular formula is C37H47NO22. The molecule has 0 bridgehead atoms. The number of hydrogen-bond acceptors (Lipinski definition) is 22. The van der Waals surface area contributed by atoms with Crippen molar-refractivity contribution < 1.29 is 105 Å². The molecule has 60 heavy (non-hydrogen) atoms. The van der Waals surface area contributed by atoms with E-state index >= 15 is 0 Å². The Morgan fingerprint density at radius 2 is 0.867 bits per heavy atom. The van der Waals surface area contributed by atoms with E-state index in [4.69, 9.17) is 61.6 Å². The van der Waals surface area contributed by atoms with Gasteiger partial charge in [0.25, 0.3) is 0 Å². The Balaban J connectivity index is 1.69. The molecule has 1 aromatic rings. The monoisotopic (exact) mass is 857 g/mol. The number of benzene rings is 1. The quantitative estimate of drug-likeness (QED) is 0.126. The topological polar surface area (TPSA) is 286 Å². The molecule has 3 rings (SSSR count). The van der Waals surface area contributed by atoms with Gasteiger partial charge in [-0.2, -0.15) is 0 Å². The first-order valence-electron chi connectivity index (χ1n) is 18.1. The van der Waals surface area contributed by atoms with Crippen LogP contribution in [0.4, 0.5) is 4.79 Å². The molecule has 0 saturated carbocycles. The van der Waals surface area contributed by atoms with Gasteiger partial charge in [-0.1, -0.05) is 12.1 Å². The van der Waals surface area contributed by atoms with Gasteiger partial charge in [-0.05, 0) is 17.7 Å². The molecule has 0 spiro atoms. The molecule has 1 N–H and O–H groups in total. The fourth-order valence-electron chi connectivity index (χ4n) is 5.79. The zero-order valence-corrected chi connectivity index (χ0v) is 33.9. The average Bonchev–Trinajstić information content (AvgIpc) is 3.13. The van der Waals surface area contributed by atoms with Crippen LogP contribution in [-0.4, -0.2) is 135 Å². The zero-order chi connectivity index (χ0) is 44.7. The van der Waals surface area contributed by atoms with Crippen LogP contribution in [0.5, 0.6) is 5.75 Å². The SMILES string of the molecule is CC(=O)OC[C@H]1O[C@@H](Oc2ccc(COC(=O)NCO[C@H]3O[C@H](COC(C)=O)[C@@H](OC(C)=O)[C@H](OC(C)=O)[C@H]3OC(C)=O)cc2)[C@H](OC(C)=O)[C@@H](OC(C)=O)[C@H]1OC(C)=O. The highest BCUT2D eigenvalue weighted by atomic mass is 16.8. The van der Waals surface area contributed by atoms with Gasteiger partial charge in [0, 0.05) is 55.4 Å². The minimum absolute atomic E-state index is 0.127. The number of ether oxygens (including phenoxy) is 13. The summed E-state index contributed by atoms with van der Waals surface area (Å²) in [5.74, 6) is -6.21. The van der Waals surface area contributed by atoms with Crippen molar-refractivity contribution in [2.45, 2.75) is 123 Å². The first kappa shape index (κ1) is 48.3. The minimum atomic E-state index is -1.55. The van der Waals surface area contributed by atoms with Gasteiger partial charge in [0.2, 0.25) is 18.7 Å². The van der Waals surface area contributed by atoms with Crippen LogP contribution in [0.25, 0.3) is 0 Å². The lowest BCUT2D eigenvalue weighted by Crippen LogP contribution is -2.63. The second-order valence-corrected chi connectivity index (χ2v) is 13.0. The van der Waals surface area contributed by atoms with Gasteiger partial charge in [0.15, 0.2) is 30.5 Å². The van der Waals surface area contributed by atoms with Crippen LogP contribution in [0, 0.1) is 0 Å². The van der Waals surface area contributed by atoms with E-state index in [2.05, 4.69) is 5.32 Å². The summed E-state index contributed by atoms with van der Waals surface area (Å²) in [5.41, 5.74) is 0.444. The average molecular weight is 858 g/mol. The van der Waals surface area contributed by atoms with Crippen molar-refractivity contribution >= 4 is 53.8 Å². The normalized spacial score (nSPS) is 25.8. The minimum Gasteiger partial charge on any atom is -0.463 e. The fourth-order valence-corrected chi connectivity index (χ4v) is 5.79. The fraction of sp³-hybridized carbons (Fsp3) is 0.595. The highest BCUT2D eigenvalue weighted by molar-refractivity contribution is 5.70. The lowest BCUT2D eigenvalue weighted by molar-refractivity contribution is -0.308. The van der Waals surface area contributed by atoms with E-state index in [-0.39, 0.29) is 12.4 Å². The second-order valence-electron chi connectivity index (χ2n) is 13.0. The summed E-state index contributed by atoms with van der Waals surface area (Å²) in [6, 6.07) is 5.89. The first-order chi connectivity index (χ1) is 28.2. The van der Waals surface area contributed by atoms with E-state index in [0.717, 1.165) is 55.4 Å². The molecule has 2 heterocycles. The molecule has 0 radical (unpaired) electrons. The molecule has 1 amide bonds. The Morgan fingerprint density at radius 1 is 0.483 bits per heavy atom. The van der Waals surface area contributed by atoms with Crippen molar-refractivity contribution in [3.05, 3.63) is 29.8 Å². The first-order valence-corrected chi connectivity index (χ1v) is 18.1. The van der Waals surface area contributed by atoms with Gasteiger partial charge < -0.3 is 61.6 Å². The highest BCUT2D eigenvalue weighted by Gasteiger charge is 2.54. The maximum atomic E-state index is 12.6. The van der Waals surface area contributed by atoms with Gasteiger partial charge in [-0.15, -0.1) is 0 Å². The summed E-state index contributed by atoms with van der Waals surface area (Å²) in [5, 5.41) is 2.31. The number of hydrogen-bond donors (Lipinski definition) is 1. The molecule has 332 valence electrons. The number of carbonyl (C=O) groups excluding carboxylic acids is 9. The maximum Gasteiger partial charge on any atom is 0.409 e. The molecule has 23 heteroatoms. The zero-order valence-electron chi connectivity index (χ0n) is 33.9. The van der Waals surface area contributed by atoms with Crippen LogP contribution in [0.3, 0.4) is 0 Å². The number of nitrogens with one attached hydrogen (secondary N) is 1. The predicted molar refractivity (Wildman–Crippen MR) is 190 cm³/mol. The van der Waals surface area contributed by atoms with Crippen LogP contribution in [0.1, 0.15) is 61.0 Å². The molecule has 2 aliphatic rings. The van der Waals surface area contributed by atoms with E-state index in [1.54, 1.807) is 0 Å². The molecule has 0 unspecified atom stereocenters. The second kappa shape index (κ2) is 22.9. The van der Waals surface area contributed by atoms with Crippen molar-refractivity contribution in [3.63, 3.8) is 0 Å². The summed E-state index contributed by atoms with van der Waals surface area (Å²) >= 11 is 0. The maximum absolute atomic E-state index is 12.6. The summed E-state index contributed by atoms with van der Waals surface area (Å²) in [7, 11) is 0. The van der Waals surface area contributed by atoms with Crippen LogP contribution < -0.4 is 10.1 Å². The van der Waals surface area contributed by atoms with E-state index in [1.807, 2.05) is 0 Å². The van der Waals surface area contributed by atoms with Gasteiger partial charge in [-0.3, -0.25) is 43.7 Å². The van der Waals surface area contributed by atoms with Crippen molar-refractivity contribution in [2.24, 2.45) is 0 Å². The van der Waals surface area contributed by atoms with E-state index in [9.17, 15) is 43.2 Å². The Labute approximate surface area is 342 Å². The summed E-state index contributed by atoms with van der Waals surface area (Å²) in [4.78, 5) is 108. The van der Waals surface area contributed by atoms with Gasteiger partial charge in [0.05, 0.1) is 0 Å². The molecule has 0 aromatic heterocycles. The number of alkyl carbamates (subject to hydrolysis) is 1. The summed E-state index contributed by atoms with van der Waals surface area (Å²) < 4.78 is 70.7. The van der Waals surface area contributed by atoms with Gasteiger partial charge in [0.1, 0.15) is 44.5 Å². The summed E-state index contributed by atoms with van der Waals surface area (Å²) in [6.45, 7) is 6.85. The third kappa shape index (κ3) is 15.6. The highest BCUT2D eigenvalue weighted by Crippen LogP contribution is 2.32. The van der Waals surface area contributed by atoms with Gasteiger partial charge >= 0.3 is 53.8 Å². The van der Waals surface area contributed by atoms with Crippen molar-refractivity contribution in [3.8, 4) is 5.75 Å². The van der Waals surface area contributed by atoms with E-state index in [1.165, 1.54) is 24.3 Å². The number of rotatable bonds is 17. The van der Waals surface area contributed by atoms with Crippen molar-refractivity contribution in [1.82, 2.24) is 5.32 Å². The largest absolute Gasteiger partial charge is 0.463 e. The smallest absolute Gasteiger partial charge is 0.409 e. The molecule has 2 saturated heterocycles. The molecule has 2 fully saturated rings. The lowest BCUT2D eigenvalue weighted by atomic mass is 9.98. The lowest BCUT2D eigenvalue weighted by Gasteiger charge is -2.43. The Bertz CT molecular complexity index is 1710. The standard InChI is InChI=1S/C37H47NO22/c1-17(39)48-14-27-29(52-19(3)41)31(54-21(5)43)33(56-23(7)45)35(59-27)51-16-38-37(47)50-13-25-9-11-26(12-10-25)58-36-34(57-24(8)46)32(55-22(6)44)30(53-20(4)42)28(60-36)15-49-18(2)40/h9-12,27-36H,13-16H2,1-8H3,(H,38,47)/t27-,28-,29-,30+,31+,32+,33-,34-,35+,36-/m1/s1. The molecular weight excluding hydrogens is 810 g/mol. The van der Waals surface area contributed by atoms with E-state index < -0.39 is 135 Å². The van der Waals surface area contributed by atoms with Crippen molar-refractivity contribution in [1.29, 1.82) is 0 Å². The number of carbonyl (C=O) groups is 9. The Hall–Kier alpha value is -6.07. The molecule has 2 aliphatic heterocycles. The van der Waals surface area contributed by atoms with Crippen molar-refractivity contribution in [2.75, 3.05) is 19.9 Å². The van der Waals surface area contributed by atoms with Crippen LogP contribution in [0.15, 0.2) is 24.3 Å². The van der Waals surface area contributed by atoms with E-state index in [0.29, 0.717) is 5.56 Å². The van der Waals surface area contributed by atoms with Gasteiger partial charge in [-0.25, -0.2) is 4.79 Å². The molecule has 10 atom stereocenters. The third-order valence-corrected chi connectivity index (χ3v) is 7.91. The summed E-state index contributed by atoms with van der Waals surface area (Å²) in [6.07, 6.45) is -15.2. The number of amides is 1. The molecule has 23 nitrogen and oxygen atoms in total. The van der Waals surface area contributed by atoms with Crippen LogP contribution in [-0.2, 0) is 102 Å². The Morgan fingerprint density at radius 3 is 1.28 bits per heavy atom. The Kier molecular flexibility index (Phi) is 18.4.